The minimum atomic E-state index is 0.191. The summed E-state index contributed by atoms with van der Waals surface area (Å²) in [6, 6.07) is 3.67. The van der Waals surface area contributed by atoms with Crippen molar-refractivity contribution in [1.29, 1.82) is 0 Å². The van der Waals surface area contributed by atoms with Crippen LogP contribution in [0.3, 0.4) is 0 Å². The van der Waals surface area contributed by atoms with Gasteiger partial charge in [0.15, 0.2) is 6.29 Å². The fourth-order valence-corrected chi connectivity index (χ4v) is 1.83. The molecule has 3 nitrogen and oxygen atoms in total. The summed E-state index contributed by atoms with van der Waals surface area (Å²) < 4.78 is 11.0. The molecule has 1 atom stereocenters. The number of fused-ring (bicyclic) bond motifs is 1. The Balaban J connectivity index is 2.41. The van der Waals surface area contributed by atoms with Gasteiger partial charge in [0, 0.05) is 12.5 Å². The van der Waals surface area contributed by atoms with Gasteiger partial charge >= 0.3 is 0 Å². The van der Waals surface area contributed by atoms with Gasteiger partial charge in [0.2, 0.25) is 0 Å². The van der Waals surface area contributed by atoms with Gasteiger partial charge in [-0.3, -0.25) is 4.79 Å². The zero-order valence-electron chi connectivity index (χ0n) is 8.95. The maximum absolute atomic E-state index is 10.9. The highest BCUT2D eigenvalue weighted by atomic mass is 16.5. The van der Waals surface area contributed by atoms with Crippen LogP contribution >= 0.6 is 0 Å². The Bertz CT molecular complexity index is 385. The average molecular weight is 206 g/mol. The molecule has 0 aliphatic carbocycles. The quantitative estimate of drug-likeness (QED) is 0.711. The van der Waals surface area contributed by atoms with E-state index in [-0.39, 0.29) is 6.10 Å². The van der Waals surface area contributed by atoms with Crippen LogP contribution in [0.4, 0.5) is 0 Å². The van der Waals surface area contributed by atoms with E-state index in [0.717, 1.165) is 24.0 Å². The number of ether oxygens (including phenoxy) is 2. The van der Waals surface area contributed by atoms with Gasteiger partial charge in [-0.2, -0.15) is 0 Å². The van der Waals surface area contributed by atoms with Gasteiger partial charge in [-0.1, -0.05) is 0 Å². The zero-order valence-corrected chi connectivity index (χ0v) is 8.95. The van der Waals surface area contributed by atoms with E-state index in [4.69, 9.17) is 9.47 Å². The van der Waals surface area contributed by atoms with Gasteiger partial charge in [0.1, 0.15) is 17.6 Å². The van der Waals surface area contributed by atoms with Gasteiger partial charge in [-0.05, 0) is 25.5 Å². The van der Waals surface area contributed by atoms with Crippen molar-refractivity contribution < 1.29 is 14.3 Å². The second-order valence-electron chi connectivity index (χ2n) is 3.68. The van der Waals surface area contributed by atoms with Crippen molar-refractivity contribution in [2.24, 2.45) is 0 Å². The lowest BCUT2D eigenvalue weighted by atomic mass is 10.1. The van der Waals surface area contributed by atoms with Crippen LogP contribution in [-0.2, 0) is 6.42 Å². The molecule has 0 spiro atoms. The molecule has 1 aromatic rings. The van der Waals surface area contributed by atoms with Crippen LogP contribution in [0, 0.1) is 0 Å². The molecule has 0 saturated carbocycles. The van der Waals surface area contributed by atoms with Gasteiger partial charge in [0.05, 0.1) is 12.2 Å². The molecule has 1 heterocycles. The molecular weight excluding hydrogens is 192 g/mol. The molecule has 3 heteroatoms. The third kappa shape index (κ3) is 1.82. The van der Waals surface area contributed by atoms with E-state index in [1.165, 1.54) is 0 Å². The largest absolute Gasteiger partial charge is 0.493 e. The van der Waals surface area contributed by atoms with Crippen LogP contribution in [0.1, 0.15) is 29.8 Å². The van der Waals surface area contributed by atoms with Crippen molar-refractivity contribution in [2.75, 3.05) is 6.61 Å². The summed E-state index contributed by atoms with van der Waals surface area (Å²) in [5.74, 6) is 1.46. The third-order valence-electron chi connectivity index (χ3n) is 2.46. The van der Waals surface area contributed by atoms with E-state index in [1.54, 1.807) is 0 Å². The van der Waals surface area contributed by atoms with Gasteiger partial charge in [-0.25, -0.2) is 0 Å². The lowest BCUT2D eigenvalue weighted by Crippen LogP contribution is -2.05. The minimum absolute atomic E-state index is 0.191. The van der Waals surface area contributed by atoms with E-state index in [1.807, 2.05) is 26.0 Å². The summed E-state index contributed by atoms with van der Waals surface area (Å²) in [5, 5.41) is 0. The van der Waals surface area contributed by atoms with Crippen LogP contribution in [-0.4, -0.2) is 19.0 Å². The highest BCUT2D eigenvalue weighted by Gasteiger charge is 2.21. The standard InChI is InChI=1S/C12H14O3/c1-3-14-11-6-12-9(4-8(2)15-12)5-10(11)7-13/h5-8H,3-4H2,1-2H3. The lowest BCUT2D eigenvalue weighted by molar-refractivity contribution is 0.112. The Labute approximate surface area is 89.0 Å². The molecule has 0 fully saturated rings. The summed E-state index contributed by atoms with van der Waals surface area (Å²) in [7, 11) is 0. The normalized spacial score (nSPS) is 18.1. The van der Waals surface area contributed by atoms with Crippen molar-refractivity contribution in [3.8, 4) is 11.5 Å². The summed E-state index contributed by atoms with van der Waals surface area (Å²) in [5.41, 5.74) is 1.70. The van der Waals surface area contributed by atoms with Crippen LogP contribution < -0.4 is 9.47 Å². The first-order valence-corrected chi connectivity index (χ1v) is 5.16. The van der Waals surface area contributed by atoms with Crippen LogP contribution in [0.5, 0.6) is 11.5 Å². The van der Waals surface area contributed by atoms with Crippen LogP contribution in [0.25, 0.3) is 0 Å². The molecule has 1 unspecified atom stereocenters. The Morgan fingerprint density at radius 3 is 3.07 bits per heavy atom. The maximum Gasteiger partial charge on any atom is 0.153 e. The summed E-state index contributed by atoms with van der Waals surface area (Å²) in [6.07, 6.45) is 1.88. The molecule has 2 rings (SSSR count). The highest BCUT2D eigenvalue weighted by molar-refractivity contribution is 5.80. The van der Waals surface area contributed by atoms with Crippen molar-refractivity contribution in [3.05, 3.63) is 23.3 Å². The van der Waals surface area contributed by atoms with E-state index in [0.29, 0.717) is 17.9 Å². The number of carbonyl (C=O) groups excluding carboxylic acids is 1. The fraction of sp³-hybridized carbons (Fsp3) is 0.417. The Hall–Kier alpha value is -1.51. The fourth-order valence-electron chi connectivity index (χ4n) is 1.83. The van der Waals surface area contributed by atoms with Crippen LogP contribution in [0.15, 0.2) is 12.1 Å². The van der Waals surface area contributed by atoms with Crippen molar-refractivity contribution in [1.82, 2.24) is 0 Å². The molecule has 15 heavy (non-hydrogen) atoms. The average Bonchev–Trinajstić information content (AvgIpc) is 2.56. The molecule has 0 bridgehead atoms. The Kier molecular flexibility index (Phi) is 2.62. The minimum Gasteiger partial charge on any atom is -0.493 e. The molecule has 0 amide bonds. The number of aldehydes is 1. The number of benzene rings is 1. The summed E-state index contributed by atoms with van der Waals surface area (Å²) >= 11 is 0. The molecule has 0 N–H and O–H groups in total. The molecule has 1 aromatic carbocycles. The van der Waals surface area contributed by atoms with E-state index in [9.17, 15) is 4.79 Å². The first-order valence-electron chi connectivity index (χ1n) is 5.16. The Morgan fingerprint density at radius 1 is 1.60 bits per heavy atom. The summed E-state index contributed by atoms with van der Waals surface area (Å²) in [4.78, 5) is 10.9. The number of rotatable bonds is 3. The lowest BCUT2D eigenvalue weighted by Gasteiger charge is -2.08. The van der Waals surface area contributed by atoms with Crippen molar-refractivity contribution in [2.45, 2.75) is 26.4 Å². The number of carbonyl (C=O) groups is 1. The first-order chi connectivity index (χ1) is 7.24. The number of hydrogen-bond donors (Lipinski definition) is 0. The highest BCUT2D eigenvalue weighted by Crippen LogP contribution is 2.34. The predicted octanol–water partition coefficient (Wildman–Crippen LogP) is 2.22. The maximum atomic E-state index is 10.9. The molecule has 80 valence electrons. The monoisotopic (exact) mass is 206 g/mol. The topological polar surface area (TPSA) is 35.5 Å². The second kappa shape index (κ2) is 3.93. The van der Waals surface area contributed by atoms with E-state index < -0.39 is 0 Å². The molecule has 1 aliphatic heterocycles. The van der Waals surface area contributed by atoms with Gasteiger partial charge in [0.25, 0.3) is 0 Å². The third-order valence-corrected chi connectivity index (χ3v) is 2.46. The van der Waals surface area contributed by atoms with Crippen molar-refractivity contribution >= 4 is 6.29 Å². The van der Waals surface area contributed by atoms with Crippen LogP contribution in [0.2, 0.25) is 0 Å². The second-order valence-corrected chi connectivity index (χ2v) is 3.68. The summed E-state index contributed by atoms with van der Waals surface area (Å²) in [6.45, 7) is 4.46. The Morgan fingerprint density at radius 2 is 2.40 bits per heavy atom. The van der Waals surface area contributed by atoms with Gasteiger partial charge in [-0.15, -0.1) is 0 Å². The molecule has 0 saturated heterocycles. The molecular formula is C12H14O3. The SMILES string of the molecule is CCOc1cc2c(cc1C=O)CC(C)O2. The molecule has 0 radical (unpaired) electrons. The predicted molar refractivity (Wildman–Crippen MR) is 56.8 cm³/mol. The number of hydrogen-bond acceptors (Lipinski definition) is 3. The smallest absolute Gasteiger partial charge is 0.153 e. The zero-order chi connectivity index (χ0) is 10.8. The van der Waals surface area contributed by atoms with E-state index in [2.05, 4.69) is 0 Å². The molecule has 1 aliphatic rings. The first kappa shape index (κ1) is 10.0. The van der Waals surface area contributed by atoms with Gasteiger partial charge < -0.3 is 9.47 Å². The van der Waals surface area contributed by atoms with E-state index >= 15 is 0 Å². The van der Waals surface area contributed by atoms with Crippen molar-refractivity contribution in [3.63, 3.8) is 0 Å². The molecule has 0 aromatic heterocycles.